The minimum atomic E-state index is -4.08. The van der Waals surface area contributed by atoms with E-state index in [-0.39, 0.29) is 4.90 Å². The zero-order valence-electron chi connectivity index (χ0n) is 11.0. The Bertz CT molecular complexity index is 590. The number of hydrogen-bond acceptors (Lipinski definition) is 4. The first kappa shape index (κ1) is 15.3. The number of rotatable bonds is 1. The van der Waals surface area contributed by atoms with E-state index >= 15 is 0 Å². The Morgan fingerprint density at radius 2 is 1.47 bits per heavy atom. The third kappa shape index (κ3) is 4.76. The first-order valence-electron chi connectivity index (χ1n) is 5.57. The van der Waals surface area contributed by atoms with Crippen molar-refractivity contribution in [3.05, 3.63) is 53.6 Å². The van der Waals surface area contributed by atoms with Gasteiger partial charge in [0.1, 0.15) is 6.33 Å². The second-order valence-electron chi connectivity index (χ2n) is 4.11. The second kappa shape index (κ2) is 6.40. The molecule has 0 aliphatic carbocycles. The average molecular weight is 280 g/mol. The van der Waals surface area contributed by atoms with Crippen molar-refractivity contribution in [2.75, 3.05) is 0 Å². The topological polar surface area (TPSA) is 80.2 Å². The quantitative estimate of drug-likeness (QED) is 0.811. The first-order chi connectivity index (χ1) is 8.82. The van der Waals surface area contributed by atoms with Crippen LogP contribution in [0.15, 0.2) is 41.8 Å². The van der Waals surface area contributed by atoms with Crippen LogP contribution in [0.3, 0.4) is 0 Å². The maximum atomic E-state index is 10.9. The van der Waals surface area contributed by atoms with E-state index in [9.17, 15) is 8.42 Å². The minimum Gasteiger partial charge on any atom is -0.282 e. The maximum Gasteiger partial charge on any atom is 0.295 e. The molecule has 1 aromatic carbocycles. The molecule has 0 bridgehead atoms. The van der Waals surface area contributed by atoms with Gasteiger partial charge in [-0.15, -0.1) is 0 Å². The molecule has 1 heterocycles. The molecule has 1 aromatic heterocycles. The van der Waals surface area contributed by atoms with Crippen LogP contribution in [-0.4, -0.2) is 22.9 Å². The highest BCUT2D eigenvalue weighted by molar-refractivity contribution is 7.86. The van der Waals surface area contributed by atoms with Gasteiger partial charge in [-0.1, -0.05) is 17.7 Å². The molecule has 0 saturated carbocycles. The molecule has 0 aliphatic rings. The van der Waals surface area contributed by atoms with Crippen molar-refractivity contribution in [3.63, 3.8) is 0 Å². The fourth-order valence-corrected chi connectivity index (χ4v) is 2.76. The molecule has 0 unspecified atom stereocenters. The standard InChI is InChI=1S/C9H12O3S.C4H4N2/c1-6-4-7(2)9(8(3)5-6)13(10,11)12;1-2-5-4-6-3-1/h4-5H,1-3H3,(H,10,11,12);1-4H. The molecule has 0 aliphatic heterocycles. The van der Waals surface area contributed by atoms with Crippen molar-refractivity contribution in [2.24, 2.45) is 0 Å². The van der Waals surface area contributed by atoms with E-state index in [1.807, 2.05) is 6.92 Å². The van der Waals surface area contributed by atoms with Gasteiger partial charge in [0.25, 0.3) is 10.1 Å². The van der Waals surface area contributed by atoms with E-state index in [4.69, 9.17) is 4.55 Å². The molecule has 0 atom stereocenters. The molecule has 2 rings (SSSR count). The molecule has 0 spiro atoms. The fourth-order valence-electron chi connectivity index (χ4n) is 1.83. The first-order valence-corrected chi connectivity index (χ1v) is 7.01. The van der Waals surface area contributed by atoms with Crippen molar-refractivity contribution < 1.29 is 13.0 Å². The summed E-state index contributed by atoms with van der Waals surface area (Å²) in [7, 11) is -4.08. The van der Waals surface area contributed by atoms with Crippen molar-refractivity contribution in [2.45, 2.75) is 25.7 Å². The molecule has 102 valence electrons. The van der Waals surface area contributed by atoms with Gasteiger partial charge < -0.3 is 0 Å². The predicted octanol–water partition coefficient (Wildman–Crippen LogP) is 2.34. The third-order valence-electron chi connectivity index (χ3n) is 2.34. The SMILES string of the molecule is Cc1cc(C)c(S(=O)(=O)O)c(C)c1.c1cncnc1. The number of aryl methyl sites for hydroxylation is 3. The van der Waals surface area contributed by atoms with Gasteiger partial charge in [0.2, 0.25) is 0 Å². The largest absolute Gasteiger partial charge is 0.295 e. The highest BCUT2D eigenvalue weighted by Crippen LogP contribution is 2.20. The molecule has 6 heteroatoms. The molecule has 0 saturated heterocycles. The smallest absolute Gasteiger partial charge is 0.282 e. The second-order valence-corrected chi connectivity index (χ2v) is 5.47. The molecule has 0 amide bonds. The van der Waals surface area contributed by atoms with Crippen LogP contribution in [0, 0.1) is 20.8 Å². The van der Waals surface area contributed by atoms with Gasteiger partial charge >= 0.3 is 0 Å². The summed E-state index contributed by atoms with van der Waals surface area (Å²) < 4.78 is 30.8. The van der Waals surface area contributed by atoms with E-state index in [1.165, 1.54) is 6.33 Å². The lowest BCUT2D eigenvalue weighted by atomic mass is 10.1. The highest BCUT2D eigenvalue weighted by atomic mass is 32.2. The summed E-state index contributed by atoms with van der Waals surface area (Å²) >= 11 is 0. The number of nitrogens with zero attached hydrogens (tertiary/aromatic N) is 2. The molecule has 1 N–H and O–H groups in total. The van der Waals surface area contributed by atoms with E-state index < -0.39 is 10.1 Å². The van der Waals surface area contributed by atoms with E-state index in [0.717, 1.165) is 5.56 Å². The van der Waals surface area contributed by atoms with E-state index in [2.05, 4.69) is 9.97 Å². The van der Waals surface area contributed by atoms with E-state index in [0.29, 0.717) is 11.1 Å². The van der Waals surface area contributed by atoms with Crippen LogP contribution in [0.1, 0.15) is 16.7 Å². The molecular weight excluding hydrogens is 264 g/mol. The van der Waals surface area contributed by atoms with Crippen LogP contribution in [0.25, 0.3) is 0 Å². The van der Waals surface area contributed by atoms with Gasteiger partial charge in [0, 0.05) is 12.4 Å². The van der Waals surface area contributed by atoms with Crippen LogP contribution < -0.4 is 0 Å². The highest BCUT2D eigenvalue weighted by Gasteiger charge is 2.15. The monoisotopic (exact) mass is 280 g/mol. The number of hydrogen-bond donors (Lipinski definition) is 1. The van der Waals surface area contributed by atoms with Gasteiger partial charge in [-0.25, -0.2) is 9.97 Å². The molecule has 5 nitrogen and oxygen atoms in total. The molecule has 0 radical (unpaired) electrons. The van der Waals surface area contributed by atoms with Gasteiger partial charge in [0.15, 0.2) is 0 Å². The Morgan fingerprint density at radius 1 is 1.00 bits per heavy atom. The molecule has 2 aromatic rings. The van der Waals surface area contributed by atoms with Crippen molar-refractivity contribution in [1.82, 2.24) is 9.97 Å². The Hall–Kier alpha value is -1.79. The summed E-state index contributed by atoms with van der Waals surface area (Å²) in [6, 6.07) is 5.24. The summed E-state index contributed by atoms with van der Waals surface area (Å²) in [6.07, 6.45) is 4.88. The molecular formula is C13H16N2O3S. The summed E-state index contributed by atoms with van der Waals surface area (Å²) in [5.41, 5.74) is 2.16. The van der Waals surface area contributed by atoms with Gasteiger partial charge in [0.05, 0.1) is 4.90 Å². The Kier molecular flexibility index (Phi) is 5.14. The normalized spacial score (nSPS) is 10.5. The summed E-state index contributed by atoms with van der Waals surface area (Å²) in [6.45, 7) is 5.22. The minimum absolute atomic E-state index is 0.0260. The summed E-state index contributed by atoms with van der Waals surface area (Å²) in [5, 5.41) is 0. The van der Waals surface area contributed by atoms with Gasteiger partial charge in [-0.05, 0) is 38.0 Å². The van der Waals surface area contributed by atoms with Crippen molar-refractivity contribution >= 4 is 10.1 Å². The van der Waals surface area contributed by atoms with Crippen molar-refractivity contribution in [3.8, 4) is 0 Å². The predicted molar refractivity (Wildman–Crippen MR) is 72.5 cm³/mol. The van der Waals surface area contributed by atoms with Crippen molar-refractivity contribution in [1.29, 1.82) is 0 Å². The van der Waals surface area contributed by atoms with Gasteiger partial charge in [-0.3, -0.25) is 4.55 Å². The lowest BCUT2D eigenvalue weighted by Crippen LogP contribution is -2.04. The molecule has 0 fully saturated rings. The zero-order chi connectivity index (χ0) is 14.5. The van der Waals surface area contributed by atoms with Crippen LogP contribution >= 0.6 is 0 Å². The molecule has 19 heavy (non-hydrogen) atoms. The van der Waals surface area contributed by atoms with Crippen LogP contribution in [0.5, 0.6) is 0 Å². The third-order valence-corrected chi connectivity index (χ3v) is 3.50. The summed E-state index contributed by atoms with van der Waals surface area (Å²) in [4.78, 5) is 7.37. The average Bonchev–Trinajstić information content (AvgIpc) is 2.28. The Balaban J connectivity index is 0.000000250. The fraction of sp³-hybridized carbons (Fsp3) is 0.231. The van der Waals surface area contributed by atoms with Crippen LogP contribution in [-0.2, 0) is 10.1 Å². The Labute approximate surface area is 113 Å². The van der Waals surface area contributed by atoms with Gasteiger partial charge in [-0.2, -0.15) is 8.42 Å². The number of aromatic nitrogens is 2. The maximum absolute atomic E-state index is 10.9. The van der Waals surface area contributed by atoms with Crippen LogP contribution in [0.4, 0.5) is 0 Å². The summed E-state index contributed by atoms with van der Waals surface area (Å²) in [5.74, 6) is 0. The number of benzene rings is 1. The Morgan fingerprint density at radius 3 is 1.74 bits per heavy atom. The van der Waals surface area contributed by atoms with Crippen LogP contribution in [0.2, 0.25) is 0 Å². The lowest BCUT2D eigenvalue weighted by molar-refractivity contribution is 0.482. The van der Waals surface area contributed by atoms with E-state index in [1.54, 1.807) is 44.4 Å². The zero-order valence-corrected chi connectivity index (χ0v) is 11.8. The lowest BCUT2D eigenvalue weighted by Gasteiger charge is -2.07.